The smallest absolute Gasteiger partial charge is 0.0884 e. The predicted octanol–water partition coefficient (Wildman–Crippen LogP) is 9.00. The van der Waals surface area contributed by atoms with Crippen molar-refractivity contribution in [2.24, 2.45) is 0 Å². The van der Waals surface area contributed by atoms with Gasteiger partial charge in [-0.15, -0.1) is 0 Å². The Hall–Kier alpha value is -4.88. The molecule has 0 saturated heterocycles. The van der Waals surface area contributed by atoms with E-state index in [1.807, 2.05) is 0 Å². The minimum Gasteiger partial charge on any atom is -0.0884 e. The van der Waals surface area contributed by atoms with Crippen LogP contribution < -0.4 is 5.46 Å². The summed E-state index contributed by atoms with van der Waals surface area (Å²) >= 11 is 0. The fourth-order valence-electron chi connectivity index (χ4n) is 6.59. The third-order valence-corrected chi connectivity index (χ3v) is 8.23. The minimum absolute atomic E-state index is 1.24. The van der Waals surface area contributed by atoms with Crippen LogP contribution in [0.4, 0.5) is 0 Å². The molecule has 1 heteroatoms. The van der Waals surface area contributed by atoms with Crippen molar-refractivity contribution in [3.63, 3.8) is 0 Å². The molecule has 8 aromatic rings. The van der Waals surface area contributed by atoms with E-state index in [0.717, 1.165) is 0 Å². The molecule has 0 heterocycles. The lowest BCUT2D eigenvalue weighted by molar-refractivity contribution is 1.61. The quantitative estimate of drug-likeness (QED) is 0.131. The molecular weight excluding hydrogens is 467 g/mol. The van der Waals surface area contributed by atoms with Crippen molar-refractivity contribution in [1.29, 1.82) is 0 Å². The molecule has 0 nitrogen and oxygen atoms in total. The molecule has 180 valence electrons. The molecule has 0 radical (unpaired) electrons. The van der Waals surface area contributed by atoms with Gasteiger partial charge in [-0.05, 0) is 82.5 Å². The summed E-state index contributed by atoms with van der Waals surface area (Å²) in [7, 11) is 2.18. The molecule has 39 heavy (non-hydrogen) atoms. The predicted molar refractivity (Wildman–Crippen MR) is 172 cm³/mol. The lowest BCUT2D eigenvalue weighted by atomic mass is 9.79. The molecule has 8 rings (SSSR count). The molecule has 0 aromatic heterocycles. The van der Waals surface area contributed by atoms with Gasteiger partial charge in [-0.25, -0.2) is 0 Å². The standard InChI is InChI=1S/C38H25B/c39-29-17-7-16-28(22-29)33-23-32(24-10-3-1-4-11-24)37-30-18-8-14-26-20-21-27-15-9-19-31(35(27)34(26)30)38(37)36(33)25-12-5-2-6-13-25/h1-23H,39H2. The van der Waals surface area contributed by atoms with Gasteiger partial charge in [0.2, 0.25) is 0 Å². The van der Waals surface area contributed by atoms with Crippen LogP contribution in [0.2, 0.25) is 0 Å². The van der Waals surface area contributed by atoms with Crippen LogP contribution in [0.3, 0.4) is 0 Å². The van der Waals surface area contributed by atoms with E-state index in [1.54, 1.807) is 0 Å². The summed E-state index contributed by atoms with van der Waals surface area (Å²) in [6.07, 6.45) is 0. The zero-order valence-electron chi connectivity index (χ0n) is 21.8. The van der Waals surface area contributed by atoms with Crippen LogP contribution in [0.1, 0.15) is 0 Å². The molecule has 0 amide bonds. The zero-order chi connectivity index (χ0) is 25.9. The second kappa shape index (κ2) is 8.58. The molecule has 0 N–H and O–H groups in total. The van der Waals surface area contributed by atoms with Crippen molar-refractivity contribution in [1.82, 2.24) is 0 Å². The summed E-state index contributed by atoms with van der Waals surface area (Å²) in [5, 5.41) is 10.6. The highest BCUT2D eigenvalue weighted by Crippen LogP contribution is 2.50. The van der Waals surface area contributed by atoms with E-state index in [0.29, 0.717) is 0 Å². The maximum absolute atomic E-state index is 2.44. The van der Waals surface area contributed by atoms with Crippen LogP contribution >= 0.6 is 0 Å². The third-order valence-electron chi connectivity index (χ3n) is 8.23. The van der Waals surface area contributed by atoms with Crippen molar-refractivity contribution in [2.75, 3.05) is 0 Å². The number of hydrogen-bond acceptors (Lipinski definition) is 0. The Morgan fingerprint density at radius 2 is 0.923 bits per heavy atom. The van der Waals surface area contributed by atoms with Crippen LogP contribution in [-0.4, -0.2) is 7.85 Å². The van der Waals surface area contributed by atoms with E-state index in [4.69, 9.17) is 0 Å². The Morgan fingerprint density at radius 1 is 0.359 bits per heavy atom. The molecule has 0 unspecified atom stereocenters. The lowest BCUT2D eigenvalue weighted by Gasteiger charge is -2.23. The number of hydrogen-bond donors (Lipinski definition) is 0. The number of fused-ring (bicyclic) bond motifs is 3. The summed E-state index contributed by atoms with van der Waals surface area (Å²) in [5.74, 6) is 0. The molecule has 0 spiro atoms. The van der Waals surface area contributed by atoms with Gasteiger partial charge in [0.1, 0.15) is 7.85 Å². The van der Waals surface area contributed by atoms with E-state index < -0.39 is 0 Å². The summed E-state index contributed by atoms with van der Waals surface area (Å²) < 4.78 is 0. The molecule has 0 atom stereocenters. The van der Waals surface area contributed by atoms with Crippen LogP contribution in [0, 0.1) is 0 Å². The van der Waals surface area contributed by atoms with E-state index in [9.17, 15) is 0 Å². The van der Waals surface area contributed by atoms with Gasteiger partial charge in [-0.2, -0.15) is 0 Å². The van der Waals surface area contributed by atoms with Crippen LogP contribution in [0.25, 0.3) is 76.5 Å². The van der Waals surface area contributed by atoms with E-state index in [2.05, 4.69) is 147 Å². The maximum atomic E-state index is 2.44. The minimum atomic E-state index is 1.24. The third kappa shape index (κ3) is 3.33. The summed E-state index contributed by atoms with van der Waals surface area (Å²) in [5.41, 5.74) is 8.85. The van der Waals surface area contributed by atoms with E-state index in [1.165, 1.54) is 81.9 Å². The van der Waals surface area contributed by atoms with Crippen molar-refractivity contribution in [3.05, 3.63) is 140 Å². The van der Waals surface area contributed by atoms with Crippen LogP contribution in [0.15, 0.2) is 140 Å². The molecule has 0 aliphatic carbocycles. The van der Waals surface area contributed by atoms with Crippen molar-refractivity contribution in [3.8, 4) is 33.4 Å². The largest absolute Gasteiger partial charge is 0.139 e. The highest BCUT2D eigenvalue weighted by Gasteiger charge is 2.22. The molecular formula is C38H25B. The van der Waals surface area contributed by atoms with Crippen molar-refractivity contribution >= 4 is 56.4 Å². The Bertz CT molecular complexity index is 2160. The number of benzene rings is 8. The molecule has 8 aromatic carbocycles. The number of rotatable bonds is 3. The second-order valence-electron chi connectivity index (χ2n) is 10.6. The first-order valence-electron chi connectivity index (χ1n) is 13.6. The van der Waals surface area contributed by atoms with Gasteiger partial charge in [-0.1, -0.05) is 139 Å². The van der Waals surface area contributed by atoms with Gasteiger partial charge < -0.3 is 0 Å². The van der Waals surface area contributed by atoms with Gasteiger partial charge in [0.25, 0.3) is 0 Å². The first-order valence-corrected chi connectivity index (χ1v) is 13.6. The SMILES string of the molecule is Bc1cccc(-c2cc(-c3ccccc3)c3c4cccc5ccc6cccc(c3c2-c2ccccc2)c6c54)c1. The van der Waals surface area contributed by atoms with Gasteiger partial charge in [0.05, 0.1) is 0 Å². The highest BCUT2D eigenvalue weighted by atomic mass is 14.2. The molecule has 0 aliphatic rings. The fourth-order valence-corrected chi connectivity index (χ4v) is 6.59. The monoisotopic (exact) mass is 492 g/mol. The summed E-state index contributed by atoms with van der Waals surface area (Å²) in [6.45, 7) is 0. The molecule has 0 fully saturated rings. The van der Waals surface area contributed by atoms with Crippen molar-refractivity contribution in [2.45, 2.75) is 0 Å². The molecule has 0 aliphatic heterocycles. The zero-order valence-corrected chi connectivity index (χ0v) is 21.8. The van der Waals surface area contributed by atoms with Crippen LogP contribution in [0.5, 0.6) is 0 Å². The summed E-state index contributed by atoms with van der Waals surface area (Å²) in [4.78, 5) is 0. The fraction of sp³-hybridized carbons (Fsp3) is 0. The average Bonchev–Trinajstić information content (AvgIpc) is 3.00. The summed E-state index contributed by atoms with van der Waals surface area (Å²) in [6, 6.07) is 51.4. The normalized spacial score (nSPS) is 11.7. The second-order valence-corrected chi connectivity index (χ2v) is 10.6. The topological polar surface area (TPSA) is 0 Å². The van der Waals surface area contributed by atoms with E-state index in [-0.39, 0.29) is 0 Å². The Labute approximate surface area is 228 Å². The maximum Gasteiger partial charge on any atom is 0.139 e. The Kier molecular flexibility index (Phi) is 4.87. The first-order chi connectivity index (χ1) is 19.3. The van der Waals surface area contributed by atoms with Crippen LogP contribution in [-0.2, 0) is 0 Å². The highest BCUT2D eigenvalue weighted by molar-refractivity contribution is 6.38. The van der Waals surface area contributed by atoms with Gasteiger partial charge in [0, 0.05) is 0 Å². The molecule has 0 bridgehead atoms. The van der Waals surface area contributed by atoms with Gasteiger partial charge >= 0.3 is 0 Å². The van der Waals surface area contributed by atoms with E-state index >= 15 is 0 Å². The Morgan fingerprint density at radius 3 is 1.56 bits per heavy atom. The molecule has 0 saturated carbocycles. The Balaban J connectivity index is 1.72. The first kappa shape index (κ1) is 22.1. The van der Waals surface area contributed by atoms with Crippen molar-refractivity contribution < 1.29 is 0 Å². The lowest BCUT2D eigenvalue weighted by Crippen LogP contribution is -2.01. The van der Waals surface area contributed by atoms with Gasteiger partial charge in [-0.3, -0.25) is 0 Å². The average molecular weight is 492 g/mol. The van der Waals surface area contributed by atoms with Gasteiger partial charge in [0.15, 0.2) is 0 Å².